The zero-order chi connectivity index (χ0) is 17.9. The minimum Gasteiger partial charge on any atom is -0.481 e. The summed E-state index contributed by atoms with van der Waals surface area (Å²) in [5.41, 5.74) is -1.06. The van der Waals surface area contributed by atoms with Gasteiger partial charge in [-0.3, -0.25) is 4.79 Å². The number of pyridine rings is 1. The van der Waals surface area contributed by atoms with Gasteiger partial charge in [0.25, 0.3) is 5.91 Å². The van der Waals surface area contributed by atoms with E-state index < -0.39 is 22.7 Å². The van der Waals surface area contributed by atoms with E-state index in [9.17, 15) is 18.0 Å². The molecule has 1 aromatic heterocycles. The number of amides is 1. The maximum atomic E-state index is 12.9. The van der Waals surface area contributed by atoms with Crippen molar-refractivity contribution < 1.29 is 27.4 Å². The normalized spacial score (nSPS) is 11.1. The molecule has 0 spiro atoms. The van der Waals surface area contributed by atoms with E-state index in [0.29, 0.717) is 0 Å². The fourth-order valence-electron chi connectivity index (χ4n) is 1.88. The molecule has 1 aromatic carbocycles. The SMILES string of the molecule is COc1ccc(C(=O)Nc2ccc(Cl)c(C(F)(F)F)c2)c(OC)n1. The number of halogens is 4. The molecule has 0 aliphatic heterocycles. The molecule has 0 aliphatic carbocycles. The third-order valence-electron chi connectivity index (χ3n) is 3.01. The Morgan fingerprint density at radius 1 is 1.17 bits per heavy atom. The van der Waals surface area contributed by atoms with E-state index in [2.05, 4.69) is 10.3 Å². The van der Waals surface area contributed by atoms with E-state index in [1.165, 1.54) is 32.4 Å². The van der Waals surface area contributed by atoms with Crippen molar-refractivity contribution in [3.63, 3.8) is 0 Å². The number of nitrogens with one attached hydrogen (secondary N) is 1. The lowest BCUT2D eigenvalue weighted by Crippen LogP contribution is -2.15. The first-order valence-corrected chi connectivity index (χ1v) is 6.91. The van der Waals surface area contributed by atoms with Crippen LogP contribution in [0.1, 0.15) is 15.9 Å². The van der Waals surface area contributed by atoms with Crippen molar-refractivity contribution in [2.75, 3.05) is 19.5 Å². The van der Waals surface area contributed by atoms with E-state index in [0.717, 1.165) is 12.1 Å². The molecule has 5 nitrogen and oxygen atoms in total. The molecule has 0 saturated carbocycles. The van der Waals surface area contributed by atoms with Gasteiger partial charge in [-0.15, -0.1) is 0 Å². The second-order valence-corrected chi connectivity index (χ2v) is 4.96. The lowest BCUT2D eigenvalue weighted by molar-refractivity contribution is -0.137. The maximum Gasteiger partial charge on any atom is 0.417 e. The number of carbonyl (C=O) groups excluding carboxylic acids is 1. The lowest BCUT2D eigenvalue weighted by Gasteiger charge is -2.13. The highest BCUT2D eigenvalue weighted by Gasteiger charge is 2.33. The largest absolute Gasteiger partial charge is 0.481 e. The molecule has 0 bridgehead atoms. The Morgan fingerprint density at radius 2 is 1.88 bits per heavy atom. The highest BCUT2D eigenvalue weighted by Crippen LogP contribution is 2.36. The molecule has 0 atom stereocenters. The van der Waals surface area contributed by atoms with Gasteiger partial charge in [0.1, 0.15) is 5.56 Å². The molecule has 0 fully saturated rings. The number of anilines is 1. The summed E-state index contributed by atoms with van der Waals surface area (Å²) in [6.45, 7) is 0. The van der Waals surface area contributed by atoms with Crippen molar-refractivity contribution in [3.05, 3.63) is 46.5 Å². The Balaban J connectivity index is 2.30. The van der Waals surface area contributed by atoms with Crippen molar-refractivity contribution in [2.24, 2.45) is 0 Å². The molecule has 1 heterocycles. The van der Waals surface area contributed by atoms with Crippen molar-refractivity contribution in [2.45, 2.75) is 6.18 Å². The first-order chi connectivity index (χ1) is 11.3. The molecule has 128 valence electrons. The smallest absolute Gasteiger partial charge is 0.417 e. The molecule has 2 aromatic rings. The quantitative estimate of drug-likeness (QED) is 0.894. The number of rotatable bonds is 4. The number of hydrogen-bond donors (Lipinski definition) is 1. The van der Waals surface area contributed by atoms with Gasteiger partial charge in [0, 0.05) is 11.8 Å². The molecule has 24 heavy (non-hydrogen) atoms. The van der Waals surface area contributed by atoms with Crippen LogP contribution in [0.4, 0.5) is 18.9 Å². The van der Waals surface area contributed by atoms with Crippen LogP contribution in [-0.2, 0) is 6.18 Å². The minimum absolute atomic E-state index is 0.0168. The molecular weight excluding hydrogens is 349 g/mol. The molecular formula is C15H12ClF3N2O3. The third kappa shape index (κ3) is 3.88. The monoisotopic (exact) mass is 360 g/mol. The Bertz CT molecular complexity index is 766. The summed E-state index contributed by atoms with van der Waals surface area (Å²) < 4.78 is 48.5. The number of benzene rings is 1. The predicted molar refractivity (Wildman–Crippen MR) is 81.7 cm³/mol. The Hall–Kier alpha value is -2.48. The highest BCUT2D eigenvalue weighted by molar-refractivity contribution is 6.31. The van der Waals surface area contributed by atoms with Gasteiger partial charge in [0.15, 0.2) is 0 Å². The van der Waals surface area contributed by atoms with E-state index in [-0.39, 0.29) is 23.0 Å². The number of ether oxygens (including phenoxy) is 2. The maximum absolute atomic E-state index is 12.9. The number of aromatic nitrogens is 1. The summed E-state index contributed by atoms with van der Waals surface area (Å²) in [5, 5.41) is 1.90. The fourth-order valence-corrected chi connectivity index (χ4v) is 2.11. The van der Waals surface area contributed by atoms with E-state index >= 15 is 0 Å². The lowest BCUT2D eigenvalue weighted by atomic mass is 10.1. The number of methoxy groups -OCH3 is 2. The predicted octanol–water partition coefficient (Wildman–Crippen LogP) is 4.02. The van der Waals surface area contributed by atoms with Crippen LogP contribution in [0.25, 0.3) is 0 Å². The summed E-state index contributed by atoms with van der Waals surface area (Å²) in [4.78, 5) is 16.2. The van der Waals surface area contributed by atoms with Crippen LogP contribution in [0, 0.1) is 0 Å². The Labute approximate surface area is 140 Å². The van der Waals surface area contributed by atoms with Gasteiger partial charge in [-0.25, -0.2) is 0 Å². The fraction of sp³-hybridized carbons (Fsp3) is 0.200. The van der Waals surface area contributed by atoms with Gasteiger partial charge in [0.2, 0.25) is 11.8 Å². The molecule has 0 unspecified atom stereocenters. The van der Waals surface area contributed by atoms with E-state index in [1.807, 2.05) is 0 Å². The topological polar surface area (TPSA) is 60.5 Å². The minimum atomic E-state index is -4.63. The second kappa shape index (κ2) is 6.96. The van der Waals surface area contributed by atoms with Crippen LogP contribution in [0.3, 0.4) is 0 Å². The third-order valence-corrected chi connectivity index (χ3v) is 3.34. The summed E-state index contributed by atoms with van der Waals surface area (Å²) >= 11 is 5.54. The summed E-state index contributed by atoms with van der Waals surface area (Å²) in [6.07, 6.45) is -4.63. The Morgan fingerprint density at radius 3 is 2.46 bits per heavy atom. The Kier molecular flexibility index (Phi) is 5.18. The molecule has 2 rings (SSSR count). The average Bonchev–Trinajstić information content (AvgIpc) is 2.54. The average molecular weight is 361 g/mol. The summed E-state index contributed by atoms with van der Waals surface area (Å²) in [5.74, 6) is -0.469. The van der Waals surface area contributed by atoms with Crippen LogP contribution in [-0.4, -0.2) is 25.1 Å². The second-order valence-electron chi connectivity index (χ2n) is 4.56. The van der Waals surface area contributed by atoms with Gasteiger partial charge in [-0.2, -0.15) is 18.2 Å². The molecule has 9 heteroatoms. The van der Waals surface area contributed by atoms with Crippen molar-refractivity contribution in [1.29, 1.82) is 0 Å². The van der Waals surface area contributed by atoms with Crippen LogP contribution < -0.4 is 14.8 Å². The van der Waals surface area contributed by atoms with E-state index in [4.69, 9.17) is 21.1 Å². The molecule has 1 amide bonds. The molecule has 0 aliphatic rings. The first-order valence-electron chi connectivity index (χ1n) is 6.53. The number of hydrogen-bond acceptors (Lipinski definition) is 4. The van der Waals surface area contributed by atoms with Crippen LogP contribution in [0.15, 0.2) is 30.3 Å². The zero-order valence-electron chi connectivity index (χ0n) is 12.6. The van der Waals surface area contributed by atoms with Gasteiger partial charge in [-0.05, 0) is 24.3 Å². The zero-order valence-corrected chi connectivity index (χ0v) is 13.3. The van der Waals surface area contributed by atoms with Gasteiger partial charge in [-0.1, -0.05) is 11.6 Å². The standard InChI is InChI=1S/C15H12ClF3N2O3/c1-23-12-6-4-9(14(21-12)24-2)13(22)20-8-3-5-11(16)10(7-8)15(17,18)19/h3-7H,1-2H3,(H,20,22). The van der Waals surface area contributed by atoms with E-state index in [1.54, 1.807) is 0 Å². The number of alkyl halides is 3. The number of carbonyl (C=O) groups is 1. The van der Waals surface area contributed by atoms with Crippen molar-refractivity contribution in [1.82, 2.24) is 4.98 Å². The van der Waals surface area contributed by atoms with Gasteiger partial charge in [0.05, 0.1) is 24.8 Å². The van der Waals surface area contributed by atoms with Crippen LogP contribution >= 0.6 is 11.6 Å². The molecule has 1 N–H and O–H groups in total. The van der Waals surface area contributed by atoms with Gasteiger partial charge >= 0.3 is 6.18 Å². The highest BCUT2D eigenvalue weighted by atomic mass is 35.5. The summed E-state index contributed by atoms with van der Waals surface area (Å²) in [7, 11) is 2.70. The van der Waals surface area contributed by atoms with Crippen LogP contribution in [0.5, 0.6) is 11.8 Å². The first kappa shape index (κ1) is 17.9. The van der Waals surface area contributed by atoms with Crippen LogP contribution in [0.2, 0.25) is 5.02 Å². The molecule has 0 saturated heterocycles. The van der Waals surface area contributed by atoms with Gasteiger partial charge < -0.3 is 14.8 Å². The number of nitrogens with zero attached hydrogens (tertiary/aromatic N) is 1. The van der Waals surface area contributed by atoms with Crippen molar-refractivity contribution in [3.8, 4) is 11.8 Å². The molecule has 0 radical (unpaired) electrons. The summed E-state index contributed by atoms with van der Waals surface area (Å²) in [6, 6.07) is 5.90. The van der Waals surface area contributed by atoms with Crippen molar-refractivity contribution >= 4 is 23.2 Å².